The quantitative estimate of drug-likeness (QED) is 0.883. The van der Waals surface area contributed by atoms with Crippen molar-refractivity contribution in [3.05, 3.63) is 47.7 Å². The number of ether oxygens (including phenoxy) is 1. The van der Waals surface area contributed by atoms with Crippen LogP contribution in [-0.2, 0) is 0 Å². The van der Waals surface area contributed by atoms with Crippen LogP contribution in [-0.4, -0.2) is 29.1 Å². The number of nitrogens with zero attached hydrogens (tertiary/aromatic N) is 3. The number of hydrogen-bond acceptors (Lipinski definition) is 5. The summed E-state index contributed by atoms with van der Waals surface area (Å²) in [7, 11) is 3.46. The molecule has 2 aromatic heterocycles. The second-order valence-corrected chi connectivity index (χ2v) is 3.88. The molecule has 0 fully saturated rings. The lowest BCUT2D eigenvalue weighted by Crippen LogP contribution is -2.22. The lowest BCUT2D eigenvalue weighted by Gasteiger charge is -2.18. The van der Waals surface area contributed by atoms with Gasteiger partial charge in [-0.25, -0.2) is 4.98 Å². The second kappa shape index (κ2) is 5.55. The molecular formula is C13H16N4O. The molecule has 0 aliphatic heterocycles. The molecule has 2 heterocycles. The van der Waals surface area contributed by atoms with Crippen LogP contribution in [0.3, 0.4) is 0 Å². The highest BCUT2D eigenvalue weighted by molar-refractivity contribution is 5.32. The Hall–Kier alpha value is -2.01. The van der Waals surface area contributed by atoms with E-state index in [1.807, 2.05) is 26.1 Å². The topological polar surface area (TPSA) is 59.9 Å². The van der Waals surface area contributed by atoms with E-state index in [4.69, 9.17) is 4.74 Å². The largest absolute Gasteiger partial charge is 0.480 e. The zero-order valence-corrected chi connectivity index (χ0v) is 10.7. The summed E-state index contributed by atoms with van der Waals surface area (Å²) in [4.78, 5) is 12.9. The minimum Gasteiger partial charge on any atom is -0.480 e. The minimum absolute atomic E-state index is 0.130. The van der Waals surface area contributed by atoms with E-state index in [9.17, 15) is 0 Å². The normalized spacial score (nSPS) is 12.2. The Morgan fingerprint density at radius 2 is 1.83 bits per heavy atom. The van der Waals surface area contributed by atoms with E-state index in [-0.39, 0.29) is 6.04 Å². The van der Waals surface area contributed by atoms with Crippen molar-refractivity contribution in [3.8, 4) is 5.88 Å². The van der Waals surface area contributed by atoms with Gasteiger partial charge in [0.2, 0.25) is 5.88 Å². The second-order valence-electron chi connectivity index (χ2n) is 3.88. The highest BCUT2D eigenvalue weighted by Gasteiger charge is 2.21. The summed E-state index contributed by atoms with van der Waals surface area (Å²) in [6.07, 6.45) is 5.04. The van der Waals surface area contributed by atoms with Crippen molar-refractivity contribution in [2.45, 2.75) is 13.0 Å². The number of aromatic nitrogens is 3. The van der Waals surface area contributed by atoms with Crippen molar-refractivity contribution in [3.63, 3.8) is 0 Å². The van der Waals surface area contributed by atoms with Crippen molar-refractivity contribution in [2.75, 3.05) is 14.2 Å². The van der Waals surface area contributed by atoms with E-state index >= 15 is 0 Å². The lowest BCUT2D eigenvalue weighted by molar-refractivity contribution is 0.383. The van der Waals surface area contributed by atoms with Crippen LogP contribution in [0.4, 0.5) is 0 Å². The molecule has 0 saturated heterocycles. The van der Waals surface area contributed by atoms with Gasteiger partial charge in [-0.15, -0.1) is 0 Å². The predicted molar refractivity (Wildman–Crippen MR) is 68.5 cm³/mol. The van der Waals surface area contributed by atoms with Crippen LogP contribution in [0.15, 0.2) is 30.7 Å². The van der Waals surface area contributed by atoms with Crippen molar-refractivity contribution >= 4 is 0 Å². The van der Waals surface area contributed by atoms with Gasteiger partial charge in [0.1, 0.15) is 5.69 Å². The number of rotatable bonds is 4. The molecule has 0 spiro atoms. The van der Waals surface area contributed by atoms with Crippen molar-refractivity contribution < 1.29 is 4.74 Å². The third-order valence-electron chi connectivity index (χ3n) is 2.77. The van der Waals surface area contributed by atoms with Gasteiger partial charge in [0, 0.05) is 18.6 Å². The van der Waals surface area contributed by atoms with Gasteiger partial charge in [-0.05, 0) is 25.6 Å². The highest BCUT2D eigenvalue weighted by atomic mass is 16.5. The van der Waals surface area contributed by atoms with Crippen molar-refractivity contribution in [2.24, 2.45) is 0 Å². The first kappa shape index (κ1) is 12.4. The zero-order chi connectivity index (χ0) is 13.0. The smallest absolute Gasteiger partial charge is 0.237 e. The number of methoxy groups -OCH3 is 1. The Labute approximate surface area is 106 Å². The molecule has 1 N–H and O–H groups in total. The van der Waals surface area contributed by atoms with Crippen LogP contribution in [0.2, 0.25) is 0 Å². The van der Waals surface area contributed by atoms with Gasteiger partial charge < -0.3 is 10.1 Å². The molecular weight excluding hydrogens is 228 g/mol. The van der Waals surface area contributed by atoms with Crippen molar-refractivity contribution in [1.82, 2.24) is 20.3 Å². The molecule has 0 bridgehead atoms. The number of aryl methyl sites for hydroxylation is 1. The molecule has 0 aromatic carbocycles. The van der Waals surface area contributed by atoms with Gasteiger partial charge in [-0.3, -0.25) is 9.97 Å². The average molecular weight is 244 g/mol. The van der Waals surface area contributed by atoms with Crippen LogP contribution < -0.4 is 10.1 Å². The standard InChI is InChI=1S/C13H16N4O/c1-9-5-4-6-15-10(9)11(14-2)12-13(18-3)17-8-7-16-12/h4-8,11,14H,1-3H3. The van der Waals surface area contributed by atoms with Crippen molar-refractivity contribution in [1.29, 1.82) is 0 Å². The molecule has 0 saturated carbocycles. The first-order valence-electron chi connectivity index (χ1n) is 5.71. The van der Waals surface area contributed by atoms with Crippen LogP contribution in [0, 0.1) is 6.92 Å². The summed E-state index contributed by atoms with van der Waals surface area (Å²) in [6.45, 7) is 2.02. The van der Waals surface area contributed by atoms with Gasteiger partial charge in [0.05, 0.1) is 18.8 Å². The monoisotopic (exact) mass is 244 g/mol. The van der Waals surface area contributed by atoms with E-state index in [1.165, 1.54) is 0 Å². The molecule has 1 atom stereocenters. The summed E-state index contributed by atoms with van der Waals surface area (Å²) in [5.74, 6) is 0.516. The first-order chi connectivity index (χ1) is 8.77. The molecule has 0 radical (unpaired) electrons. The van der Waals surface area contributed by atoms with Gasteiger partial charge in [0.15, 0.2) is 0 Å². The Morgan fingerprint density at radius 3 is 2.50 bits per heavy atom. The fourth-order valence-electron chi connectivity index (χ4n) is 1.89. The minimum atomic E-state index is -0.130. The molecule has 2 aromatic rings. The molecule has 2 rings (SSSR count). The number of hydrogen-bond donors (Lipinski definition) is 1. The highest BCUT2D eigenvalue weighted by Crippen LogP contribution is 2.26. The molecule has 18 heavy (non-hydrogen) atoms. The lowest BCUT2D eigenvalue weighted by atomic mass is 10.1. The maximum absolute atomic E-state index is 5.25. The van der Waals surface area contributed by atoms with E-state index < -0.39 is 0 Å². The third-order valence-corrected chi connectivity index (χ3v) is 2.77. The fourth-order valence-corrected chi connectivity index (χ4v) is 1.89. The van der Waals surface area contributed by atoms with E-state index in [1.54, 1.807) is 25.7 Å². The van der Waals surface area contributed by atoms with E-state index in [2.05, 4.69) is 20.3 Å². The summed E-state index contributed by atoms with van der Waals surface area (Å²) < 4.78 is 5.25. The predicted octanol–water partition coefficient (Wildman–Crippen LogP) is 1.50. The summed E-state index contributed by atoms with van der Waals surface area (Å²) >= 11 is 0. The molecule has 0 aliphatic rings. The van der Waals surface area contributed by atoms with Gasteiger partial charge in [0.25, 0.3) is 0 Å². The third kappa shape index (κ3) is 2.31. The molecule has 94 valence electrons. The Bertz CT molecular complexity index is 530. The molecule has 5 nitrogen and oxygen atoms in total. The van der Waals surface area contributed by atoms with E-state index in [0.29, 0.717) is 5.88 Å². The average Bonchev–Trinajstić information content (AvgIpc) is 2.42. The van der Waals surface area contributed by atoms with Crippen LogP contribution in [0.1, 0.15) is 23.0 Å². The van der Waals surface area contributed by atoms with Crippen LogP contribution in [0.5, 0.6) is 5.88 Å². The molecule has 0 aliphatic carbocycles. The fraction of sp³-hybridized carbons (Fsp3) is 0.308. The van der Waals surface area contributed by atoms with Crippen LogP contribution in [0.25, 0.3) is 0 Å². The van der Waals surface area contributed by atoms with Gasteiger partial charge in [-0.2, -0.15) is 0 Å². The zero-order valence-electron chi connectivity index (χ0n) is 10.7. The molecule has 0 amide bonds. The van der Waals surface area contributed by atoms with Gasteiger partial charge >= 0.3 is 0 Å². The van der Waals surface area contributed by atoms with Gasteiger partial charge in [-0.1, -0.05) is 6.07 Å². The number of pyridine rings is 1. The Kier molecular flexibility index (Phi) is 3.84. The number of nitrogens with one attached hydrogen (secondary N) is 1. The SMILES string of the molecule is CNC(c1ncccc1C)c1nccnc1OC. The molecule has 5 heteroatoms. The van der Waals surface area contributed by atoms with E-state index in [0.717, 1.165) is 17.0 Å². The molecule has 1 unspecified atom stereocenters. The Balaban J connectivity index is 2.49. The Morgan fingerprint density at radius 1 is 1.11 bits per heavy atom. The van der Waals surface area contributed by atoms with Crippen LogP contribution >= 0.6 is 0 Å². The summed E-state index contributed by atoms with van der Waals surface area (Å²) in [5, 5.41) is 3.21. The summed E-state index contributed by atoms with van der Waals surface area (Å²) in [5.41, 5.74) is 2.77. The summed E-state index contributed by atoms with van der Waals surface area (Å²) in [6, 6.07) is 3.81. The first-order valence-corrected chi connectivity index (χ1v) is 5.71. The maximum Gasteiger partial charge on any atom is 0.237 e. The maximum atomic E-state index is 5.25.